The van der Waals surface area contributed by atoms with Crippen LogP contribution in [0.1, 0.15) is 18.4 Å². The van der Waals surface area contributed by atoms with E-state index < -0.39 is 10.2 Å². The van der Waals surface area contributed by atoms with Crippen LogP contribution in [0.2, 0.25) is 5.02 Å². The molecule has 0 unspecified atom stereocenters. The molecule has 1 amide bonds. The van der Waals surface area contributed by atoms with Crippen LogP contribution in [-0.2, 0) is 26.3 Å². The summed E-state index contributed by atoms with van der Waals surface area (Å²) in [6.45, 7) is 2.56. The number of nitrogens with zero attached hydrogens (tertiary/aromatic N) is 2. The molecule has 0 aromatic heterocycles. The molecule has 2 aliphatic rings. The van der Waals surface area contributed by atoms with Gasteiger partial charge in [-0.2, -0.15) is 17.0 Å². The molecule has 0 spiro atoms. The number of benzene rings is 1. The van der Waals surface area contributed by atoms with Crippen molar-refractivity contribution in [3.05, 3.63) is 34.9 Å². The van der Waals surface area contributed by atoms with Crippen LogP contribution in [0.5, 0.6) is 0 Å². The van der Waals surface area contributed by atoms with Gasteiger partial charge >= 0.3 is 0 Å². The van der Waals surface area contributed by atoms with Crippen molar-refractivity contribution in [1.82, 2.24) is 13.9 Å². The van der Waals surface area contributed by atoms with Crippen LogP contribution in [0.3, 0.4) is 0 Å². The number of hydrogen-bond acceptors (Lipinski definition) is 4. The first-order chi connectivity index (χ1) is 12.5. The molecule has 3 rings (SSSR count). The number of hydrogen-bond donors (Lipinski definition) is 1. The van der Waals surface area contributed by atoms with Gasteiger partial charge in [-0.25, -0.2) is 0 Å². The molecular weight excluding hydrogens is 378 g/mol. The fourth-order valence-electron chi connectivity index (χ4n) is 3.28. The molecule has 144 valence electrons. The molecule has 7 nitrogen and oxygen atoms in total. The number of carbonyl (C=O) groups is 1. The van der Waals surface area contributed by atoms with E-state index in [2.05, 4.69) is 5.32 Å². The number of nitrogens with one attached hydrogen (secondary N) is 1. The van der Waals surface area contributed by atoms with E-state index >= 15 is 0 Å². The smallest absolute Gasteiger partial charge is 0.282 e. The van der Waals surface area contributed by atoms with Crippen LogP contribution in [0.25, 0.3) is 0 Å². The average molecular weight is 402 g/mol. The molecule has 2 fully saturated rings. The SMILES string of the molecule is O=C(NCc1ccccc1Cl)[C@@H]1CCCN(S(=O)(=O)N2CCOCC2)C1. The molecule has 26 heavy (non-hydrogen) atoms. The standard InChI is InChI=1S/C17H24ClN3O4S/c18-16-6-2-1-4-14(16)12-19-17(22)15-5-3-7-21(13-15)26(23,24)20-8-10-25-11-9-20/h1-2,4,6,15H,3,5,7-13H2,(H,19,22)/t15-/m1/s1. The van der Waals surface area contributed by atoms with E-state index in [9.17, 15) is 13.2 Å². The summed E-state index contributed by atoms with van der Waals surface area (Å²) in [5, 5.41) is 3.49. The van der Waals surface area contributed by atoms with Gasteiger partial charge in [-0.05, 0) is 24.5 Å². The quantitative estimate of drug-likeness (QED) is 0.805. The summed E-state index contributed by atoms with van der Waals surface area (Å²) in [4.78, 5) is 12.5. The lowest BCUT2D eigenvalue weighted by atomic mass is 9.99. The van der Waals surface area contributed by atoms with Gasteiger partial charge in [0.25, 0.3) is 10.2 Å². The van der Waals surface area contributed by atoms with Crippen molar-refractivity contribution in [2.45, 2.75) is 19.4 Å². The lowest BCUT2D eigenvalue weighted by molar-refractivity contribution is -0.126. The van der Waals surface area contributed by atoms with Crippen molar-refractivity contribution in [3.8, 4) is 0 Å². The van der Waals surface area contributed by atoms with E-state index in [1.54, 1.807) is 6.07 Å². The largest absolute Gasteiger partial charge is 0.379 e. The van der Waals surface area contributed by atoms with Crippen LogP contribution >= 0.6 is 11.6 Å². The molecule has 1 N–H and O–H groups in total. The Morgan fingerprint density at radius 3 is 2.65 bits per heavy atom. The topological polar surface area (TPSA) is 79.0 Å². The maximum atomic E-state index is 12.8. The Kier molecular flexibility index (Phi) is 6.52. The van der Waals surface area contributed by atoms with E-state index in [1.807, 2.05) is 18.2 Å². The fourth-order valence-corrected chi connectivity index (χ4v) is 5.14. The van der Waals surface area contributed by atoms with E-state index in [4.69, 9.17) is 16.3 Å². The Morgan fingerprint density at radius 1 is 1.19 bits per heavy atom. The summed E-state index contributed by atoms with van der Waals surface area (Å²) in [6, 6.07) is 7.34. The van der Waals surface area contributed by atoms with Crippen molar-refractivity contribution in [1.29, 1.82) is 0 Å². The zero-order valence-electron chi connectivity index (χ0n) is 14.6. The Morgan fingerprint density at radius 2 is 1.92 bits per heavy atom. The highest BCUT2D eigenvalue weighted by Gasteiger charge is 2.36. The lowest BCUT2D eigenvalue weighted by Gasteiger charge is -2.36. The number of amides is 1. The third kappa shape index (κ3) is 4.55. The molecule has 1 aromatic rings. The highest BCUT2D eigenvalue weighted by Crippen LogP contribution is 2.22. The highest BCUT2D eigenvalue weighted by atomic mass is 35.5. The van der Waals surface area contributed by atoms with Gasteiger partial charge < -0.3 is 10.1 Å². The van der Waals surface area contributed by atoms with Gasteiger partial charge in [-0.15, -0.1) is 0 Å². The van der Waals surface area contributed by atoms with Crippen LogP contribution in [0.15, 0.2) is 24.3 Å². The molecule has 9 heteroatoms. The van der Waals surface area contributed by atoms with Crippen molar-refractivity contribution in [3.63, 3.8) is 0 Å². The molecule has 2 aliphatic heterocycles. The second-order valence-electron chi connectivity index (χ2n) is 6.53. The lowest BCUT2D eigenvalue weighted by Crippen LogP contribution is -2.52. The third-order valence-electron chi connectivity index (χ3n) is 4.79. The summed E-state index contributed by atoms with van der Waals surface area (Å²) >= 11 is 6.11. The molecule has 1 aromatic carbocycles. The normalized spacial score (nSPS) is 22.9. The third-order valence-corrected chi connectivity index (χ3v) is 7.16. The van der Waals surface area contributed by atoms with Gasteiger partial charge in [0.05, 0.1) is 19.1 Å². The first-order valence-electron chi connectivity index (χ1n) is 8.82. The second kappa shape index (κ2) is 8.67. The van der Waals surface area contributed by atoms with Gasteiger partial charge in [0, 0.05) is 37.7 Å². The van der Waals surface area contributed by atoms with Crippen LogP contribution in [0, 0.1) is 5.92 Å². The predicted molar refractivity (Wildman–Crippen MR) is 98.9 cm³/mol. The molecule has 2 heterocycles. The molecule has 0 radical (unpaired) electrons. The molecule has 0 aliphatic carbocycles. The molecule has 0 bridgehead atoms. The molecular formula is C17H24ClN3O4S. The molecule has 0 saturated carbocycles. The highest BCUT2D eigenvalue weighted by molar-refractivity contribution is 7.86. The van der Waals surface area contributed by atoms with Gasteiger partial charge in [0.15, 0.2) is 0 Å². The van der Waals surface area contributed by atoms with Crippen LogP contribution in [0.4, 0.5) is 0 Å². The van der Waals surface area contributed by atoms with Gasteiger partial charge in [0.1, 0.15) is 0 Å². The van der Waals surface area contributed by atoms with E-state index in [-0.39, 0.29) is 18.4 Å². The summed E-state index contributed by atoms with van der Waals surface area (Å²) in [7, 11) is -3.54. The summed E-state index contributed by atoms with van der Waals surface area (Å²) < 4.78 is 33.7. The zero-order chi connectivity index (χ0) is 18.6. The Balaban J connectivity index is 1.59. The summed E-state index contributed by atoms with van der Waals surface area (Å²) in [5.74, 6) is -0.478. The van der Waals surface area contributed by atoms with E-state index in [0.29, 0.717) is 57.3 Å². The first kappa shape index (κ1) is 19.6. The number of rotatable bonds is 5. The van der Waals surface area contributed by atoms with Crippen molar-refractivity contribution >= 4 is 27.7 Å². The van der Waals surface area contributed by atoms with Crippen molar-refractivity contribution in [2.75, 3.05) is 39.4 Å². The maximum absolute atomic E-state index is 12.8. The Hall–Kier alpha value is -1.19. The number of carbonyl (C=O) groups excluding carboxylic acids is 1. The fraction of sp³-hybridized carbons (Fsp3) is 0.588. The van der Waals surface area contributed by atoms with Gasteiger partial charge in [-0.3, -0.25) is 4.79 Å². The predicted octanol–water partition coefficient (Wildman–Crippen LogP) is 1.25. The average Bonchev–Trinajstić information content (AvgIpc) is 2.68. The minimum absolute atomic E-state index is 0.133. The minimum atomic E-state index is -3.54. The summed E-state index contributed by atoms with van der Waals surface area (Å²) in [6.07, 6.45) is 1.36. The van der Waals surface area contributed by atoms with Gasteiger partial charge in [-0.1, -0.05) is 29.8 Å². The molecule has 2 saturated heterocycles. The van der Waals surface area contributed by atoms with Gasteiger partial charge in [0.2, 0.25) is 5.91 Å². The Bertz CT molecular complexity index is 737. The maximum Gasteiger partial charge on any atom is 0.282 e. The number of halogens is 1. The van der Waals surface area contributed by atoms with E-state index in [1.165, 1.54) is 8.61 Å². The monoisotopic (exact) mass is 401 g/mol. The number of morpholine rings is 1. The van der Waals surface area contributed by atoms with E-state index in [0.717, 1.165) is 5.56 Å². The Labute approximate surface area is 159 Å². The van der Waals surface area contributed by atoms with Crippen LogP contribution < -0.4 is 5.32 Å². The number of ether oxygens (including phenoxy) is 1. The van der Waals surface area contributed by atoms with Crippen LogP contribution in [-0.4, -0.2) is 62.3 Å². The summed E-state index contributed by atoms with van der Waals surface area (Å²) in [5.41, 5.74) is 0.844. The minimum Gasteiger partial charge on any atom is -0.379 e. The van der Waals surface area contributed by atoms with Crippen molar-refractivity contribution < 1.29 is 17.9 Å². The second-order valence-corrected chi connectivity index (χ2v) is 8.86. The molecule has 1 atom stereocenters. The van der Waals surface area contributed by atoms with Crippen molar-refractivity contribution in [2.24, 2.45) is 5.92 Å². The first-order valence-corrected chi connectivity index (χ1v) is 10.6. The number of piperidine rings is 1. The zero-order valence-corrected chi connectivity index (χ0v) is 16.1.